The zero-order valence-electron chi connectivity index (χ0n) is 7.14. The normalized spacial score (nSPS) is 10.9. The summed E-state index contributed by atoms with van der Waals surface area (Å²) in [5, 5.41) is 8.60. The summed E-state index contributed by atoms with van der Waals surface area (Å²) < 4.78 is 26.2. The smallest absolute Gasteiger partial charge is 0.293 e. The summed E-state index contributed by atoms with van der Waals surface area (Å²) in [5.74, 6) is -2.91. The molecule has 0 spiro atoms. The molecule has 2 N–H and O–H groups in total. The Hall–Kier alpha value is -1.62. The van der Waals surface area contributed by atoms with Crippen LogP contribution >= 0.6 is 11.6 Å². The van der Waals surface area contributed by atoms with Crippen LogP contribution in [0.25, 0.3) is 10.9 Å². The van der Waals surface area contributed by atoms with E-state index in [-0.39, 0.29) is 15.9 Å². The van der Waals surface area contributed by atoms with Gasteiger partial charge in [0.25, 0.3) is 5.56 Å². The Bertz CT molecular complexity index is 609. The topological polar surface area (TPSA) is 53.1 Å². The number of fused-ring (bicyclic) bond motifs is 1. The van der Waals surface area contributed by atoms with Gasteiger partial charge in [0.1, 0.15) is 5.82 Å². The predicted octanol–water partition coefficient (Wildman–Crippen LogP) is 2.17. The molecule has 0 saturated carbocycles. The number of aromatic amines is 1. The molecule has 3 nitrogen and oxygen atoms in total. The van der Waals surface area contributed by atoms with E-state index in [1.807, 2.05) is 0 Å². The van der Waals surface area contributed by atoms with Crippen molar-refractivity contribution in [2.75, 3.05) is 0 Å². The minimum atomic E-state index is -1.15. The van der Waals surface area contributed by atoms with Crippen molar-refractivity contribution in [1.82, 2.24) is 4.98 Å². The van der Waals surface area contributed by atoms with E-state index in [1.54, 1.807) is 0 Å². The van der Waals surface area contributed by atoms with Gasteiger partial charge in [0.15, 0.2) is 5.82 Å². The third-order valence-corrected chi connectivity index (χ3v) is 2.24. The minimum Gasteiger partial charge on any atom is -0.501 e. The molecule has 0 unspecified atom stereocenters. The molecule has 0 aliphatic rings. The summed E-state index contributed by atoms with van der Waals surface area (Å²) in [5.41, 5.74) is -1.12. The highest BCUT2D eigenvalue weighted by atomic mass is 35.5. The highest BCUT2D eigenvalue weighted by Crippen LogP contribution is 2.28. The minimum absolute atomic E-state index is 0.0969. The van der Waals surface area contributed by atoms with Crippen LogP contribution in [0.1, 0.15) is 0 Å². The quantitative estimate of drug-likeness (QED) is 0.730. The SMILES string of the molecule is O=c1[nH]c2cc(F)cc(Cl)c2c(F)c1O. The Kier molecular flexibility index (Phi) is 2.12. The Morgan fingerprint density at radius 1 is 1.33 bits per heavy atom. The van der Waals surface area contributed by atoms with E-state index < -0.39 is 22.9 Å². The standard InChI is InChI=1S/C9H4ClF2NO2/c10-4-1-3(11)2-5-6(4)7(12)8(14)9(15)13-5/h1-2,14H,(H,13,15). The molecule has 6 heteroatoms. The zero-order valence-corrected chi connectivity index (χ0v) is 7.90. The van der Waals surface area contributed by atoms with Crippen molar-refractivity contribution in [3.05, 3.63) is 39.1 Å². The largest absolute Gasteiger partial charge is 0.501 e. The van der Waals surface area contributed by atoms with Gasteiger partial charge in [0, 0.05) is 0 Å². The van der Waals surface area contributed by atoms with E-state index in [0.717, 1.165) is 12.1 Å². The van der Waals surface area contributed by atoms with Crippen molar-refractivity contribution in [1.29, 1.82) is 0 Å². The molecule has 0 atom stereocenters. The highest BCUT2D eigenvalue weighted by Gasteiger charge is 2.14. The summed E-state index contributed by atoms with van der Waals surface area (Å²) in [4.78, 5) is 13.1. The van der Waals surface area contributed by atoms with Gasteiger partial charge in [-0.2, -0.15) is 0 Å². The lowest BCUT2D eigenvalue weighted by molar-refractivity contribution is 0.428. The molecule has 0 aliphatic carbocycles. The van der Waals surface area contributed by atoms with Crippen molar-refractivity contribution in [3.8, 4) is 5.75 Å². The number of aromatic nitrogens is 1. The van der Waals surface area contributed by atoms with Crippen LogP contribution in [0.2, 0.25) is 5.02 Å². The van der Waals surface area contributed by atoms with Crippen LogP contribution in [-0.2, 0) is 0 Å². The summed E-state index contributed by atoms with van der Waals surface area (Å²) >= 11 is 5.58. The summed E-state index contributed by atoms with van der Waals surface area (Å²) in [7, 11) is 0. The second-order valence-electron chi connectivity index (χ2n) is 2.93. The lowest BCUT2D eigenvalue weighted by Crippen LogP contribution is -2.07. The number of nitrogens with one attached hydrogen (secondary N) is 1. The van der Waals surface area contributed by atoms with Gasteiger partial charge in [-0.15, -0.1) is 0 Å². The van der Waals surface area contributed by atoms with Gasteiger partial charge in [-0.25, -0.2) is 8.78 Å². The first kappa shape index (κ1) is 9.92. The molecule has 15 heavy (non-hydrogen) atoms. The van der Waals surface area contributed by atoms with Crippen molar-refractivity contribution in [3.63, 3.8) is 0 Å². The molecule has 0 radical (unpaired) electrons. The maximum Gasteiger partial charge on any atom is 0.293 e. The lowest BCUT2D eigenvalue weighted by atomic mass is 10.2. The average molecular weight is 232 g/mol. The Morgan fingerprint density at radius 3 is 2.67 bits per heavy atom. The van der Waals surface area contributed by atoms with E-state index in [4.69, 9.17) is 16.7 Å². The number of aromatic hydroxyl groups is 1. The van der Waals surface area contributed by atoms with E-state index in [9.17, 15) is 13.6 Å². The predicted molar refractivity (Wildman–Crippen MR) is 51.2 cm³/mol. The summed E-state index contributed by atoms with van der Waals surface area (Å²) in [6.07, 6.45) is 0. The third kappa shape index (κ3) is 1.45. The fourth-order valence-corrected chi connectivity index (χ4v) is 1.58. The molecule has 78 valence electrons. The summed E-state index contributed by atoms with van der Waals surface area (Å²) in [6, 6.07) is 1.82. The third-order valence-electron chi connectivity index (χ3n) is 1.95. The molecular weight excluding hydrogens is 228 g/mol. The first-order valence-electron chi connectivity index (χ1n) is 3.90. The van der Waals surface area contributed by atoms with Crippen LogP contribution in [0.3, 0.4) is 0 Å². The molecule has 0 amide bonds. The molecule has 2 aromatic rings. The Morgan fingerprint density at radius 2 is 2.00 bits per heavy atom. The van der Waals surface area contributed by atoms with Crippen molar-refractivity contribution in [2.45, 2.75) is 0 Å². The van der Waals surface area contributed by atoms with Crippen molar-refractivity contribution >= 4 is 22.5 Å². The first-order chi connectivity index (χ1) is 7.00. The van der Waals surface area contributed by atoms with Crippen LogP contribution in [0.4, 0.5) is 8.78 Å². The molecule has 1 aromatic carbocycles. The Balaban J connectivity index is 3.05. The number of rotatable bonds is 0. The van der Waals surface area contributed by atoms with E-state index >= 15 is 0 Å². The number of benzene rings is 1. The number of hydrogen-bond acceptors (Lipinski definition) is 2. The van der Waals surface area contributed by atoms with Crippen LogP contribution in [0, 0.1) is 11.6 Å². The molecule has 1 aromatic heterocycles. The number of H-pyrrole nitrogens is 1. The van der Waals surface area contributed by atoms with Gasteiger partial charge in [-0.3, -0.25) is 4.79 Å². The highest BCUT2D eigenvalue weighted by molar-refractivity contribution is 6.35. The molecule has 2 rings (SSSR count). The van der Waals surface area contributed by atoms with Gasteiger partial charge in [-0.05, 0) is 12.1 Å². The van der Waals surface area contributed by atoms with Crippen molar-refractivity contribution in [2.24, 2.45) is 0 Å². The first-order valence-corrected chi connectivity index (χ1v) is 4.28. The van der Waals surface area contributed by atoms with Crippen LogP contribution in [0.15, 0.2) is 16.9 Å². The zero-order chi connectivity index (χ0) is 11.2. The molecule has 0 fully saturated rings. The van der Waals surface area contributed by atoms with Gasteiger partial charge < -0.3 is 10.1 Å². The second kappa shape index (κ2) is 3.20. The van der Waals surface area contributed by atoms with Crippen LogP contribution in [-0.4, -0.2) is 10.1 Å². The monoisotopic (exact) mass is 231 g/mol. The maximum absolute atomic E-state index is 13.4. The molecule has 0 saturated heterocycles. The molecular formula is C9H4ClF2NO2. The maximum atomic E-state index is 13.4. The van der Waals surface area contributed by atoms with E-state index in [0.29, 0.717) is 0 Å². The number of hydrogen-bond donors (Lipinski definition) is 2. The van der Waals surface area contributed by atoms with Gasteiger partial charge in [0.2, 0.25) is 5.75 Å². The fraction of sp³-hybridized carbons (Fsp3) is 0. The van der Waals surface area contributed by atoms with Gasteiger partial charge in [-0.1, -0.05) is 11.6 Å². The fourth-order valence-electron chi connectivity index (χ4n) is 1.29. The second-order valence-corrected chi connectivity index (χ2v) is 3.33. The number of pyridine rings is 1. The van der Waals surface area contributed by atoms with E-state index in [1.165, 1.54) is 0 Å². The van der Waals surface area contributed by atoms with Crippen molar-refractivity contribution < 1.29 is 13.9 Å². The van der Waals surface area contributed by atoms with Gasteiger partial charge >= 0.3 is 0 Å². The lowest BCUT2D eigenvalue weighted by Gasteiger charge is -2.03. The number of halogens is 3. The van der Waals surface area contributed by atoms with Crippen LogP contribution in [0.5, 0.6) is 5.75 Å². The average Bonchev–Trinajstić information content (AvgIpc) is 2.13. The van der Waals surface area contributed by atoms with Crippen LogP contribution < -0.4 is 5.56 Å². The van der Waals surface area contributed by atoms with E-state index in [2.05, 4.69) is 4.98 Å². The summed E-state index contributed by atoms with van der Waals surface area (Å²) in [6.45, 7) is 0. The molecule has 0 bridgehead atoms. The Labute approximate surface area is 86.9 Å². The van der Waals surface area contributed by atoms with Gasteiger partial charge in [0.05, 0.1) is 15.9 Å². The molecule has 1 heterocycles. The molecule has 0 aliphatic heterocycles.